The Hall–Kier alpha value is -1.39. The quantitative estimate of drug-likeness (QED) is 0.855. The number of benzene rings is 1. The minimum Gasteiger partial charge on any atom is -0.316 e. The Morgan fingerprint density at radius 3 is 2.61 bits per heavy atom. The monoisotopic (exact) mass is 247 g/mol. The molecule has 98 valence electrons. The van der Waals surface area contributed by atoms with Crippen LogP contribution in [-0.4, -0.2) is 37.0 Å². The van der Waals surface area contributed by atoms with Crippen molar-refractivity contribution in [3.05, 3.63) is 29.8 Å². The Morgan fingerprint density at radius 2 is 1.94 bits per heavy atom. The highest BCUT2D eigenvalue weighted by atomic mass is 16.2. The van der Waals surface area contributed by atoms with Crippen LogP contribution >= 0.6 is 0 Å². The fourth-order valence-electron chi connectivity index (χ4n) is 2.43. The average Bonchev–Trinajstić information content (AvgIpc) is 2.65. The molecule has 0 bridgehead atoms. The molecule has 0 fully saturated rings. The average molecular weight is 247 g/mol. The highest BCUT2D eigenvalue weighted by Crippen LogP contribution is 2.33. The summed E-state index contributed by atoms with van der Waals surface area (Å²) in [4.78, 5) is 16.3. The molecule has 0 aliphatic carbocycles. The van der Waals surface area contributed by atoms with E-state index in [-0.39, 0.29) is 5.91 Å². The molecule has 2 rings (SSSR count). The molecule has 1 aromatic carbocycles. The van der Waals surface area contributed by atoms with Crippen LogP contribution in [0.4, 0.5) is 5.69 Å². The van der Waals surface area contributed by atoms with Gasteiger partial charge in [-0.15, -0.1) is 0 Å². The Bertz CT molecular complexity index is 429. The van der Waals surface area contributed by atoms with Crippen LogP contribution in [0, 0.1) is 0 Å². The molecule has 1 unspecified atom stereocenters. The summed E-state index contributed by atoms with van der Waals surface area (Å²) in [5.41, 5.74) is 7.87. The van der Waals surface area contributed by atoms with Gasteiger partial charge in [0.05, 0.1) is 0 Å². The topological polar surface area (TPSA) is 49.6 Å². The maximum absolute atomic E-state index is 12.1. The third kappa shape index (κ3) is 2.26. The first-order valence-corrected chi connectivity index (χ1v) is 6.57. The minimum absolute atomic E-state index is 0.0170. The van der Waals surface area contributed by atoms with Gasteiger partial charge in [0.1, 0.15) is 6.04 Å². The van der Waals surface area contributed by atoms with Gasteiger partial charge in [-0.3, -0.25) is 4.79 Å². The van der Waals surface area contributed by atoms with Crippen LogP contribution in [0.5, 0.6) is 0 Å². The van der Waals surface area contributed by atoms with E-state index in [2.05, 4.69) is 18.7 Å². The van der Waals surface area contributed by atoms with Crippen molar-refractivity contribution in [3.63, 3.8) is 0 Å². The normalized spacial score (nSPS) is 18.6. The Morgan fingerprint density at radius 1 is 1.28 bits per heavy atom. The number of rotatable bonds is 5. The number of anilines is 1. The molecule has 0 aromatic heterocycles. The second kappa shape index (κ2) is 5.50. The number of carbonyl (C=O) groups is 1. The number of nitrogens with zero attached hydrogens (tertiary/aromatic N) is 2. The van der Waals surface area contributed by atoms with Gasteiger partial charge in [0, 0.05) is 24.3 Å². The number of para-hydroxylation sites is 1. The van der Waals surface area contributed by atoms with Crippen LogP contribution in [0.3, 0.4) is 0 Å². The molecule has 1 atom stereocenters. The third-order valence-electron chi connectivity index (χ3n) is 3.63. The largest absolute Gasteiger partial charge is 0.316 e. The Balaban J connectivity index is 2.12. The SMILES string of the molecule is CCN(CC)CCN1C(=O)C(N)c2ccccc21. The highest BCUT2D eigenvalue weighted by molar-refractivity contribution is 6.04. The molecule has 0 saturated heterocycles. The summed E-state index contributed by atoms with van der Waals surface area (Å²) in [6, 6.07) is 7.31. The van der Waals surface area contributed by atoms with Crippen molar-refractivity contribution in [1.29, 1.82) is 0 Å². The lowest BCUT2D eigenvalue weighted by Gasteiger charge is -2.23. The van der Waals surface area contributed by atoms with Crippen molar-refractivity contribution >= 4 is 11.6 Å². The molecular weight excluding hydrogens is 226 g/mol. The van der Waals surface area contributed by atoms with Gasteiger partial charge < -0.3 is 15.5 Å². The lowest BCUT2D eigenvalue weighted by molar-refractivity contribution is -0.119. The molecule has 1 aliphatic rings. The standard InChI is InChI=1S/C14H21N3O/c1-3-16(4-2)9-10-17-12-8-6-5-7-11(12)13(15)14(17)18/h5-8,13H,3-4,9-10,15H2,1-2H3. The van der Waals surface area contributed by atoms with E-state index < -0.39 is 6.04 Å². The van der Waals surface area contributed by atoms with Gasteiger partial charge in [0.15, 0.2) is 0 Å². The highest BCUT2D eigenvalue weighted by Gasteiger charge is 2.33. The van der Waals surface area contributed by atoms with Gasteiger partial charge in [-0.05, 0) is 19.2 Å². The zero-order valence-electron chi connectivity index (χ0n) is 11.1. The minimum atomic E-state index is -0.488. The molecule has 4 nitrogen and oxygen atoms in total. The number of hydrogen-bond acceptors (Lipinski definition) is 3. The molecule has 1 amide bonds. The van der Waals surface area contributed by atoms with Crippen LogP contribution in [-0.2, 0) is 4.79 Å². The van der Waals surface area contributed by atoms with Crippen molar-refractivity contribution < 1.29 is 4.79 Å². The van der Waals surface area contributed by atoms with Crippen molar-refractivity contribution in [3.8, 4) is 0 Å². The molecule has 1 aliphatic heterocycles. The summed E-state index contributed by atoms with van der Waals surface area (Å²) in [6.45, 7) is 7.88. The van der Waals surface area contributed by atoms with Crippen LogP contribution in [0.1, 0.15) is 25.5 Å². The van der Waals surface area contributed by atoms with E-state index in [1.54, 1.807) is 0 Å². The number of fused-ring (bicyclic) bond motifs is 1. The van der Waals surface area contributed by atoms with Gasteiger partial charge in [0.2, 0.25) is 5.91 Å². The number of likely N-dealkylation sites (N-methyl/N-ethyl adjacent to an activating group) is 1. The molecule has 1 aromatic rings. The van der Waals surface area contributed by atoms with Gasteiger partial charge in [-0.25, -0.2) is 0 Å². The second-order valence-electron chi connectivity index (χ2n) is 4.55. The van der Waals surface area contributed by atoms with E-state index in [9.17, 15) is 4.79 Å². The summed E-state index contributed by atoms with van der Waals surface area (Å²) >= 11 is 0. The fourth-order valence-corrected chi connectivity index (χ4v) is 2.43. The zero-order chi connectivity index (χ0) is 13.1. The Labute approximate surface area is 108 Å². The van der Waals surface area contributed by atoms with Crippen molar-refractivity contribution in [2.75, 3.05) is 31.1 Å². The van der Waals surface area contributed by atoms with Crippen molar-refractivity contribution in [2.45, 2.75) is 19.9 Å². The fraction of sp³-hybridized carbons (Fsp3) is 0.500. The van der Waals surface area contributed by atoms with Crippen molar-refractivity contribution in [2.24, 2.45) is 5.73 Å². The van der Waals surface area contributed by atoms with Crippen LogP contribution in [0.15, 0.2) is 24.3 Å². The predicted molar refractivity (Wildman–Crippen MR) is 73.5 cm³/mol. The third-order valence-corrected chi connectivity index (χ3v) is 3.63. The van der Waals surface area contributed by atoms with E-state index in [1.807, 2.05) is 29.2 Å². The zero-order valence-corrected chi connectivity index (χ0v) is 11.1. The molecular formula is C14H21N3O. The summed E-state index contributed by atoms with van der Waals surface area (Å²) in [7, 11) is 0. The first-order chi connectivity index (χ1) is 8.69. The van der Waals surface area contributed by atoms with Crippen molar-refractivity contribution in [1.82, 2.24) is 4.90 Å². The lowest BCUT2D eigenvalue weighted by Crippen LogP contribution is -2.38. The Kier molecular flexibility index (Phi) is 3.99. The predicted octanol–water partition coefficient (Wildman–Crippen LogP) is 1.37. The first kappa shape index (κ1) is 13.1. The number of hydrogen-bond donors (Lipinski definition) is 1. The smallest absolute Gasteiger partial charge is 0.248 e. The number of carbonyl (C=O) groups excluding carboxylic acids is 1. The van der Waals surface area contributed by atoms with Gasteiger partial charge in [-0.1, -0.05) is 32.0 Å². The summed E-state index contributed by atoms with van der Waals surface area (Å²) < 4.78 is 0. The van der Waals surface area contributed by atoms with Crippen LogP contribution in [0.25, 0.3) is 0 Å². The molecule has 1 heterocycles. The van der Waals surface area contributed by atoms with E-state index in [0.717, 1.165) is 30.9 Å². The number of amides is 1. The van der Waals surface area contributed by atoms with E-state index in [0.29, 0.717) is 6.54 Å². The van der Waals surface area contributed by atoms with E-state index >= 15 is 0 Å². The van der Waals surface area contributed by atoms with E-state index in [1.165, 1.54) is 0 Å². The second-order valence-corrected chi connectivity index (χ2v) is 4.55. The molecule has 18 heavy (non-hydrogen) atoms. The van der Waals surface area contributed by atoms with E-state index in [4.69, 9.17) is 5.73 Å². The maximum atomic E-state index is 12.1. The molecule has 0 saturated carbocycles. The lowest BCUT2D eigenvalue weighted by atomic mass is 10.1. The molecule has 0 radical (unpaired) electrons. The van der Waals surface area contributed by atoms with Gasteiger partial charge in [0.25, 0.3) is 0 Å². The van der Waals surface area contributed by atoms with Gasteiger partial charge in [-0.2, -0.15) is 0 Å². The van der Waals surface area contributed by atoms with Crippen LogP contribution < -0.4 is 10.6 Å². The van der Waals surface area contributed by atoms with Gasteiger partial charge >= 0.3 is 0 Å². The molecule has 0 spiro atoms. The summed E-state index contributed by atoms with van der Waals surface area (Å²) in [5, 5.41) is 0. The molecule has 2 N–H and O–H groups in total. The number of nitrogens with two attached hydrogens (primary N) is 1. The first-order valence-electron chi connectivity index (χ1n) is 6.57. The maximum Gasteiger partial charge on any atom is 0.248 e. The molecule has 4 heteroatoms. The summed E-state index contributed by atoms with van der Waals surface area (Å²) in [5.74, 6) is 0.0170. The summed E-state index contributed by atoms with van der Waals surface area (Å²) in [6.07, 6.45) is 0. The van der Waals surface area contributed by atoms with Crippen LogP contribution in [0.2, 0.25) is 0 Å².